The van der Waals surface area contributed by atoms with Crippen LogP contribution < -0.4 is 0 Å². The molecule has 0 rings (SSSR count). The highest BCUT2D eigenvalue weighted by Crippen LogP contribution is 2.45. The minimum Gasteiger partial charge on any atom is -0.462 e. The van der Waals surface area contributed by atoms with E-state index in [1.807, 2.05) is 0 Å². The SMILES string of the molecule is CCCCCCCCCCCCCCCCCCCCCCCC(=O)O[C@H](COC(=O)CCCCCCCCCCCCCC(C)C)COP(=O)(O)OC[C@@H](O)COP(=O)(O)OC[C@@H](COC(=O)CCCCCCCCCCCCCCC)OC(=O)CCCCCCCCCCCCC(C)C. The van der Waals surface area contributed by atoms with Crippen LogP contribution in [0.5, 0.6) is 0 Å². The molecule has 5 atom stereocenters. The normalized spacial score (nSPS) is 13.9. The van der Waals surface area contributed by atoms with Crippen LogP contribution in [0.25, 0.3) is 0 Å². The van der Waals surface area contributed by atoms with Gasteiger partial charge in [0.2, 0.25) is 0 Å². The van der Waals surface area contributed by atoms with Gasteiger partial charge in [0.05, 0.1) is 26.4 Å². The number of carbonyl (C=O) groups excluding carboxylic acids is 4. The van der Waals surface area contributed by atoms with Crippen LogP contribution in [-0.4, -0.2) is 96.7 Å². The van der Waals surface area contributed by atoms with Gasteiger partial charge in [0.25, 0.3) is 0 Å². The lowest BCUT2D eigenvalue weighted by Gasteiger charge is -2.21. The van der Waals surface area contributed by atoms with Crippen molar-refractivity contribution in [2.45, 2.75) is 452 Å². The molecule has 0 heterocycles. The summed E-state index contributed by atoms with van der Waals surface area (Å²) in [6.45, 7) is 9.64. The average molecular weight is 1480 g/mol. The van der Waals surface area contributed by atoms with Crippen LogP contribution in [0.2, 0.25) is 0 Å². The Labute approximate surface area is 619 Å². The zero-order chi connectivity index (χ0) is 74.2. The van der Waals surface area contributed by atoms with Crippen molar-refractivity contribution in [3.05, 3.63) is 0 Å². The van der Waals surface area contributed by atoms with E-state index in [0.29, 0.717) is 25.7 Å². The largest absolute Gasteiger partial charge is 0.472 e. The van der Waals surface area contributed by atoms with Crippen molar-refractivity contribution >= 4 is 39.5 Å². The maximum atomic E-state index is 13.1. The van der Waals surface area contributed by atoms with E-state index in [2.05, 4.69) is 41.5 Å². The molecule has 0 spiro atoms. The lowest BCUT2D eigenvalue weighted by Crippen LogP contribution is -2.30. The molecule has 2 unspecified atom stereocenters. The molecule has 19 heteroatoms. The summed E-state index contributed by atoms with van der Waals surface area (Å²) in [4.78, 5) is 73.1. The number of ether oxygens (including phenoxy) is 4. The Morgan fingerprint density at radius 2 is 0.455 bits per heavy atom. The van der Waals surface area contributed by atoms with Gasteiger partial charge < -0.3 is 33.8 Å². The summed E-state index contributed by atoms with van der Waals surface area (Å²) in [5, 5.41) is 10.6. The number of unbranched alkanes of at least 4 members (excludes halogenated alkanes) is 51. The summed E-state index contributed by atoms with van der Waals surface area (Å²) in [6, 6.07) is 0. The number of phosphoric ester groups is 2. The van der Waals surface area contributed by atoms with Crippen molar-refractivity contribution in [1.82, 2.24) is 0 Å². The summed E-state index contributed by atoms with van der Waals surface area (Å²) >= 11 is 0. The molecule has 0 radical (unpaired) electrons. The fourth-order valence-corrected chi connectivity index (χ4v) is 14.3. The Morgan fingerprint density at radius 1 is 0.267 bits per heavy atom. The van der Waals surface area contributed by atoms with E-state index in [0.717, 1.165) is 102 Å². The molecular weight excluding hydrogens is 1320 g/mol. The summed E-state index contributed by atoms with van der Waals surface area (Å²) in [5.74, 6) is -0.584. The number of esters is 4. The molecule has 0 aromatic rings. The van der Waals surface area contributed by atoms with Gasteiger partial charge in [-0.2, -0.15) is 0 Å². The molecule has 0 aliphatic rings. The number of rotatable bonds is 81. The standard InChI is InChI=1S/C82H160O17P2/c1-7-9-11-13-15-17-19-21-22-23-24-25-26-27-28-30-34-42-48-54-60-66-81(86)98-77(70-93-80(85)65-59-53-47-41-35-31-32-38-44-50-56-62-74(3)4)72-96-100(88,89)94-68-76(83)69-95-101(90,91)97-73-78(99-82(87)67-61-55-49-43-37-36-39-45-51-57-63-75(5)6)71-92-79(84)64-58-52-46-40-33-29-20-18-16-14-12-10-8-2/h74-78,83H,7-73H2,1-6H3,(H,88,89)(H,90,91)/t76-,77-,78-/m1/s1. The second kappa shape index (κ2) is 73.6. The van der Waals surface area contributed by atoms with Gasteiger partial charge in [0.1, 0.15) is 19.3 Å². The predicted molar refractivity (Wildman–Crippen MR) is 414 cm³/mol. The summed E-state index contributed by atoms with van der Waals surface area (Å²) in [7, 11) is -9.92. The molecule has 0 amide bonds. The molecule has 0 saturated heterocycles. The zero-order valence-electron chi connectivity index (χ0n) is 66.2. The first-order valence-electron chi connectivity index (χ1n) is 42.5. The van der Waals surface area contributed by atoms with Crippen molar-refractivity contribution in [3.63, 3.8) is 0 Å². The minimum atomic E-state index is -4.96. The Balaban J connectivity index is 5.23. The van der Waals surface area contributed by atoms with Crippen LogP contribution in [0.3, 0.4) is 0 Å². The number of aliphatic hydroxyl groups is 1. The molecule has 0 fully saturated rings. The van der Waals surface area contributed by atoms with Crippen molar-refractivity contribution in [1.29, 1.82) is 0 Å². The van der Waals surface area contributed by atoms with Gasteiger partial charge >= 0.3 is 39.5 Å². The molecule has 3 N–H and O–H groups in total. The highest BCUT2D eigenvalue weighted by Gasteiger charge is 2.30. The van der Waals surface area contributed by atoms with Gasteiger partial charge in [-0.15, -0.1) is 0 Å². The van der Waals surface area contributed by atoms with Crippen molar-refractivity contribution in [2.24, 2.45) is 11.8 Å². The van der Waals surface area contributed by atoms with E-state index < -0.39 is 97.5 Å². The van der Waals surface area contributed by atoms with Gasteiger partial charge in [0, 0.05) is 25.7 Å². The Morgan fingerprint density at radius 3 is 0.673 bits per heavy atom. The highest BCUT2D eigenvalue weighted by molar-refractivity contribution is 7.47. The minimum absolute atomic E-state index is 0.107. The number of phosphoric acid groups is 2. The Kier molecular flexibility index (Phi) is 72.2. The quantitative estimate of drug-likeness (QED) is 0.0222. The van der Waals surface area contributed by atoms with Crippen LogP contribution in [0.1, 0.15) is 433 Å². The van der Waals surface area contributed by atoms with E-state index >= 15 is 0 Å². The average Bonchev–Trinajstić information content (AvgIpc) is 0.961. The maximum Gasteiger partial charge on any atom is 0.472 e. The second-order valence-corrected chi connectivity index (χ2v) is 33.4. The summed E-state index contributed by atoms with van der Waals surface area (Å²) in [5.41, 5.74) is 0. The third kappa shape index (κ3) is 76.1. The molecule has 600 valence electrons. The zero-order valence-corrected chi connectivity index (χ0v) is 68.0. The van der Waals surface area contributed by atoms with E-state index in [9.17, 15) is 43.2 Å². The number of carbonyl (C=O) groups is 4. The predicted octanol–water partition coefficient (Wildman–Crippen LogP) is 24.7. The van der Waals surface area contributed by atoms with Crippen LogP contribution in [0, 0.1) is 11.8 Å². The van der Waals surface area contributed by atoms with Crippen LogP contribution in [-0.2, 0) is 65.4 Å². The van der Waals surface area contributed by atoms with E-state index in [1.165, 1.54) is 250 Å². The van der Waals surface area contributed by atoms with Gasteiger partial charge in [-0.25, -0.2) is 9.13 Å². The molecule has 0 saturated carbocycles. The van der Waals surface area contributed by atoms with E-state index in [4.69, 9.17) is 37.0 Å². The van der Waals surface area contributed by atoms with Crippen LogP contribution in [0.4, 0.5) is 0 Å². The molecule has 0 aromatic heterocycles. The monoisotopic (exact) mass is 1480 g/mol. The smallest absolute Gasteiger partial charge is 0.462 e. The first-order valence-corrected chi connectivity index (χ1v) is 45.5. The second-order valence-electron chi connectivity index (χ2n) is 30.5. The van der Waals surface area contributed by atoms with Crippen molar-refractivity contribution < 1.29 is 80.2 Å². The molecule has 17 nitrogen and oxygen atoms in total. The van der Waals surface area contributed by atoms with E-state index in [1.54, 1.807) is 0 Å². The van der Waals surface area contributed by atoms with Gasteiger partial charge in [-0.05, 0) is 37.5 Å². The first-order chi connectivity index (χ1) is 48.9. The lowest BCUT2D eigenvalue weighted by atomic mass is 10.0. The van der Waals surface area contributed by atoms with Crippen molar-refractivity contribution in [2.75, 3.05) is 39.6 Å². The van der Waals surface area contributed by atoms with Gasteiger partial charge in [-0.3, -0.25) is 37.3 Å². The fraction of sp³-hybridized carbons (Fsp3) is 0.951. The topological polar surface area (TPSA) is 237 Å². The number of hydrogen-bond acceptors (Lipinski definition) is 15. The van der Waals surface area contributed by atoms with Gasteiger partial charge in [-0.1, -0.05) is 382 Å². The van der Waals surface area contributed by atoms with Crippen LogP contribution >= 0.6 is 15.6 Å². The summed E-state index contributed by atoms with van der Waals surface area (Å²) < 4.78 is 68.8. The fourth-order valence-electron chi connectivity index (χ4n) is 12.7. The molecule has 101 heavy (non-hydrogen) atoms. The van der Waals surface area contributed by atoms with E-state index in [-0.39, 0.29) is 25.7 Å². The molecule has 0 aromatic carbocycles. The maximum absolute atomic E-state index is 13.1. The Hall–Kier alpha value is -1.94. The third-order valence-corrected chi connectivity index (χ3v) is 21.1. The van der Waals surface area contributed by atoms with Crippen molar-refractivity contribution in [3.8, 4) is 0 Å². The number of aliphatic hydroxyl groups excluding tert-OH is 1. The lowest BCUT2D eigenvalue weighted by molar-refractivity contribution is -0.161. The molecule has 0 aliphatic heterocycles. The first kappa shape index (κ1) is 99.1. The summed E-state index contributed by atoms with van der Waals surface area (Å²) in [6.07, 6.45) is 63.8. The van der Waals surface area contributed by atoms with Gasteiger partial charge in [0.15, 0.2) is 12.2 Å². The Bertz CT molecular complexity index is 1940. The molecular formula is C82H160O17P2. The third-order valence-electron chi connectivity index (χ3n) is 19.2. The molecule has 0 bridgehead atoms. The molecule has 0 aliphatic carbocycles. The number of hydrogen-bond donors (Lipinski definition) is 3. The van der Waals surface area contributed by atoms with Crippen LogP contribution in [0.15, 0.2) is 0 Å². The highest BCUT2D eigenvalue weighted by atomic mass is 31.2.